The van der Waals surface area contributed by atoms with Gasteiger partial charge in [-0.1, -0.05) is 50.5 Å². The van der Waals surface area contributed by atoms with Gasteiger partial charge < -0.3 is 0 Å². The first-order chi connectivity index (χ1) is 12.2. The average molecular weight is 359 g/mol. The summed E-state index contributed by atoms with van der Waals surface area (Å²) in [5, 5.41) is 0. The van der Waals surface area contributed by atoms with Gasteiger partial charge in [0.25, 0.3) is 0 Å². The molecule has 0 spiro atoms. The normalized spacial score (nSPS) is 11.3. The molecule has 1 aromatic rings. The summed E-state index contributed by atoms with van der Waals surface area (Å²) in [6.07, 6.45) is 7.00. The highest BCUT2D eigenvalue weighted by molar-refractivity contribution is 5.95. The van der Waals surface area contributed by atoms with Crippen LogP contribution in [-0.2, 0) is 11.2 Å². The fraction of sp³-hybridized carbons (Fsp3) is 0.583. The van der Waals surface area contributed by atoms with Crippen LogP contribution in [0.5, 0.6) is 0 Å². The Morgan fingerprint density at radius 3 is 2.23 bits per heavy atom. The van der Waals surface area contributed by atoms with Gasteiger partial charge in [0.05, 0.1) is 0 Å². The van der Waals surface area contributed by atoms with Crippen LogP contribution in [0.15, 0.2) is 30.4 Å². The molecule has 0 aliphatic rings. The summed E-state index contributed by atoms with van der Waals surface area (Å²) in [6.45, 7) is 15.7. The van der Waals surface area contributed by atoms with Crippen molar-refractivity contribution in [2.24, 2.45) is 5.92 Å². The number of hydrogen-bond acceptors (Lipinski definition) is 2. The molecule has 0 saturated carbocycles. The topological polar surface area (TPSA) is 34.1 Å². The predicted molar refractivity (Wildman–Crippen MR) is 113 cm³/mol. The van der Waals surface area contributed by atoms with Crippen molar-refractivity contribution in [3.8, 4) is 0 Å². The van der Waals surface area contributed by atoms with Crippen LogP contribution in [0, 0.1) is 12.8 Å². The van der Waals surface area contributed by atoms with E-state index in [0.717, 1.165) is 49.7 Å². The van der Waals surface area contributed by atoms with E-state index in [0.29, 0.717) is 5.78 Å². The van der Waals surface area contributed by atoms with Crippen molar-refractivity contribution in [2.75, 3.05) is 0 Å². The molecule has 26 heavy (non-hydrogen) atoms. The Balaban J connectivity index is 0.000000488. The third-order valence-corrected chi connectivity index (χ3v) is 4.49. The molecule has 1 atom stereocenters. The molecule has 2 nitrogen and oxygen atoms in total. The summed E-state index contributed by atoms with van der Waals surface area (Å²) < 4.78 is 0. The maximum absolute atomic E-state index is 11.4. The van der Waals surface area contributed by atoms with Gasteiger partial charge in [0.1, 0.15) is 5.78 Å². The molecule has 0 saturated heterocycles. The van der Waals surface area contributed by atoms with Crippen molar-refractivity contribution < 1.29 is 9.59 Å². The highest BCUT2D eigenvalue weighted by Gasteiger charge is 2.10. The number of benzene rings is 1. The molecule has 0 bridgehead atoms. The van der Waals surface area contributed by atoms with E-state index < -0.39 is 0 Å². The van der Waals surface area contributed by atoms with E-state index in [1.165, 1.54) is 17.6 Å². The third-order valence-electron chi connectivity index (χ3n) is 4.49. The van der Waals surface area contributed by atoms with Gasteiger partial charge in [0.2, 0.25) is 0 Å². The molecule has 0 radical (unpaired) electrons. The molecular formula is C24H38O2. The first-order valence-electron chi connectivity index (χ1n) is 10.00. The first-order valence-corrected chi connectivity index (χ1v) is 10.00. The van der Waals surface area contributed by atoms with E-state index in [9.17, 15) is 9.59 Å². The van der Waals surface area contributed by atoms with Crippen LogP contribution in [0.1, 0.15) is 94.6 Å². The van der Waals surface area contributed by atoms with Gasteiger partial charge >= 0.3 is 0 Å². The van der Waals surface area contributed by atoms with E-state index in [4.69, 9.17) is 0 Å². The Hall–Kier alpha value is -1.70. The molecule has 0 aliphatic heterocycles. The fourth-order valence-electron chi connectivity index (χ4n) is 2.72. The van der Waals surface area contributed by atoms with Gasteiger partial charge in [-0.15, -0.1) is 6.58 Å². The van der Waals surface area contributed by atoms with Crippen LogP contribution in [0.3, 0.4) is 0 Å². The number of unbranched alkanes of at least 4 members (excludes halogenated alkanes) is 1. The second-order valence-corrected chi connectivity index (χ2v) is 7.43. The third kappa shape index (κ3) is 10.3. The minimum atomic E-state index is 0.180. The standard InChI is InChI=1S/C13H18O.C11H20O/c1-4-5-6-12-8-7-10(2)9-13(12)11(3)14;1-5-6-11(12)10(4)8-7-9(2)3/h7-9H,4-6H2,1-3H3;10H,2,5-8H2,1,3-4H3. The molecule has 146 valence electrons. The molecule has 1 rings (SSSR count). The lowest BCUT2D eigenvalue weighted by Gasteiger charge is -2.08. The number of aryl methyl sites for hydroxylation is 2. The second kappa shape index (κ2) is 13.5. The molecule has 0 heterocycles. The van der Waals surface area contributed by atoms with Crippen LogP contribution < -0.4 is 0 Å². The SMILES string of the molecule is C=C(C)CCC(C)C(=O)CCC.CCCCc1ccc(C)cc1C(C)=O. The number of ketones is 2. The number of Topliss-reactive ketones (excluding diaryl/α,β-unsaturated/α-hetero) is 2. The zero-order chi connectivity index (χ0) is 20.1. The van der Waals surface area contributed by atoms with Crippen LogP contribution in [0.4, 0.5) is 0 Å². The van der Waals surface area contributed by atoms with Gasteiger partial charge in [-0.3, -0.25) is 9.59 Å². The van der Waals surface area contributed by atoms with Gasteiger partial charge in [0.15, 0.2) is 5.78 Å². The lowest BCUT2D eigenvalue weighted by molar-refractivity contribution is -0.122. The average Bonchev–Trinajstić information content (AvgIpc) is 2.59. The molecular weight excluding hydrogens is 320 g/mol. The molecule has 0 fully saturated rings. The van der Waals surface area contributed by atoms with E-state index in [1.54, 1.807) is 6.92 Å². The fourth-order valence-corrected chi connectivity index (χ4v) is 2.72. The maximum atomic E-state index is 11.4. The molecule has 0 N–H and O–H groups in total. The van der Waals surface area contributed by atoms with Gasteiger partial charge in [-0.05, 0) is 64.5 Å². The van der Waals surface area contributed by atoms with Crippen LogP contribution in [0.2, 0.25) is 0 Å². The lowest BCUT2D eigenvalue weighted by Crippen LogP contribution is -2.10. The van der Waals surface area contributed by atoms with E-state index >= 15 is 0 Å². The summed E-state index contributed by atoms with van der Waals surface area (Å²) in [7, 11) is 0. The Morgan fingerprint density at radius 2 is 1.73 bits per heavy atom. The van der Waals surface area contributed by atoms with Crippen molar-refractivity contribution in [3.05, 3.63) is 47.0 Å². The smallest absolute Gasteiger partial charge is 0.160 e. The predicted octanol–water partition coefficient (Wildman–Crippen LogP) is 6.89. The summed E-state index contributed by atoms with van der Waals surface area (Å²) in [4.78, 5) is 22.7. The van der Waals surface area contributed by atoms with Gasteiger partial charge in [0, 0.05) is 17.9 Å². The lowest BCUT2D eigenvalue weighted by atomic mass is 9.96. The monoisotopic (exact) mass is 358 g/mol. The highest BCUT2D eigenvalue weighted by Crippen LogP contribution is 2.15. The van der Waals surface area contributed by atoms with E-state index in [1.807, 2.05) is 33.8 Å². The minimum Gasteiger partial charge on any atom is -0.299 e. The number of rotatable bonds is 10. The molecule has 1 aromatic carbocycles. The summed E-state index contributed by atoms with van der Waals surface area (Å²) in [5.41, 5.74) is 4.44. The maximum Gasteiger partial charge on any atom is 0.160 e. The summed E-state index contributed by atoms with van der Waals surface area (Å²) in [6, 6.07) is 6.16. The Morgan fingerprint density at radius 1 is 1.08 bits per heavy atom. The minimum absolute atomic E-state index is 0.180. The van der Waals surface area contributed by atoms with E-state index in [2.05, 4.69) is 25.6 Å². The van der Waals surface area contributed by atoms with Crippen molar-refractivity contribution in [1.82, 2.24) is 0 Å². The number of hydrogen-bond donors (Lipinski definition) is 0. The quantitative estimate of drug-likeness (QED) is 0.337. The zero-order valence-electron chi connectivity index (χ0n) is 17.8. The van der Waals surface area contributed by atoms with Gasteiger partial charge in [-0.25, -0.2) is 0 Å². The van der Waals surface area contributed by atoms with Crippen molar-refractivity contribution >= 4 is 11.6 Å². The molecule has 1 unspecified atom stereocenters. The Bertz CT molecular complexity index is 584. The highest BCUT2D eigenvalue weighted by atomic mass is 16.1. The Kier molecular flexibility index (Phi) is 12.6. The van der Waals surface area contributed by atoms with Crippen LogP contribution >= 0.6 is 0 Å². The van der Waals surface area contributed by atoms with Crippen molar-refractivity contribution in [3.63, 3.8) is 0 Å². The first kappa shape index (κ1) is 24.3. The zero-order valence-corrected chi connectivity index (χ0v) is 17.8. The van der Waals surface area contributed by atoms with Crippen LogP contribution in [-0.4, -0.2) is 11.6 Å². The molecule has 2 heteroatoms. The molecule has 0 amide bonds. The van der Waals surface area contributed by atoms with E-state index in [-0.39, 0.29) is 11.7 Å². The summed E-state index contributed by atoms with van der Waals surface area (Å²) >= 11 is 0. The van der Waals surface area contributed by atoms with Crippen molar-refractivity contribution in [1.29, 1.82) is 0 Å². The second-order valence-electron chi connectivity index (χ2n) is 7.43. The molecule has 0 aliphatic carbocycles. The Labute approximate surface area is 161 Å². The number of carbonyl (C=O) groups excluding carboxylic acids is 2. The van der Waals surface area contributed by atoms with Gasteiger partial charge in [-0.2, -0.15) is 0 Å². The number of carbonyl (C=O) groups is 2. The van der Waals surface area contributed by atoms with Crippen molar-refractivity contribution in [2.45, 2.75) is 86.5 Å². The molecule has 0 aromatic heterocycles. The largest absolute Gasteiger partial charge is 0.299 e. The number of allylic oxidation sites excluding steroid dienone is 1. The summed E-state index contributed by atoms with van der Waals surface area (Å²) in [5.74, 6) is 0.806. The van der Waals surface area contributed by atoms with Crippen LogP contribution in [0.25, 0.3) is 0 Å².